The van der Waals surface area contributed by atoms with Crippen LogP contribution in [0.15, 0.2) is 78.9 Å². The highest BCUT2D eigenvalue weighted by Gasteiger charge is 2.52. The molecule has 0 radical (unpaired) electrons. The van der Waals surface area contributed by atoms with Crippen molar-refractivity contribution in [2.75, 3.05) is 52.9 Å². The first-order valence-corrected chi connectivity index (χ1v) is 20.8. The van der Waals surface area contributed by atoms with E-state index in [1.807, 2.05) is 66.7 Å². The first-order valence-electron chi connectivity index (χ1n) is 20.8. The Bertz CT molecular complexity index is 1500. The minimum absolute atomic E-state index is 0. The van der Waals surface area contributed by atoms with Crippen molar-refractivity contribution in [1.29, 1.82) is 0 Å². The Morgan fingerprint density at radius 2 is 0.810 bits per heavy atom. The van der Waals surface area contributed by atoms with Gasteiger partial charge in [0.1, 0.15) is 11.5 Å². The largest absolute Gasteiger partial charge is 0.494 e. The van der Waals surface area contributed by atoms with Gasteiger partial charge in [-0.1, -0.05) is 62.0 Å². The fourth-order valence-electron chi connectivity index (χ4n) is 5.80. The zero-order valence-corrected chi connectivity index (χ0v) is 35.9. The van der Waals surface area contributed by atoms with Gasteiger partial charge in [0.05, 0.1) is 42.2 Å². The van der Waals surface area contributed by atoms with Crippen molar-refractivity contribution in [2.24, 2.45) is 0 Å². The Kier molecular flexibility index (Phi) is 20.8. The Balaban J connectivity index is 0.000000314. The zero-order chi connectivity index (χ0) is 41.2. The lowest BCUT2D eigenvalue weighted by Crippen LogP contribution is -2.41. The molecule has 3 aromatic carbocycles. The van der Waals surface area contributed by atoms with Gasteiger partial charge in [0.15, 0.2) is 0 Å². The molecule has 2 heterocycles. The molecule has 10 nitrogen and oxygen atoms in total. The third kappa shape index (κ3) is 15.9. The summed E-state index contributed by atoms with van der Waals surface area (Å²) in [7, 11) is -0.683. The lowest BCUT2D eigenvalue weighted by Gasteiger charge is -2.32. The van der Waals surface area contributed by atoms with Gasteiger partial charge in [-0.15, -0.1) is 0 Å². The Labute approximate surface area is 350 Å². The molecule has 0 aliphatic carbocycles. The molecule has 0 unspecified atom stereocenters. The molecule has 0 saturated carbocycles. The molecule has 3 aromatic rings. The summed E-state index contributed by atoms with van der Waals surface area (Å²) in [5.41, 5.74) is 1.90. The zero-order valence-electron chi connectivity index (χ0n) is 35.9. The second-order valence-corrected chi connectivity index (χ2v) is 16.6. The molecule has 0 bridgehead atoms. The molecule has 0 atom stereocenters. The first kappa shape index (κ1) is 49.4. The number of aliphatic hydroxyl groups is 1. The average molecular weight is 807 g/mol. The molecule has 2 saturated heterocycles. The van der Waals surface area contributed by atoms with E-state index >= 15 is 0 Å². The van der Waals surface area contributed by atoms with Crippen LogP contribution < -0.4 is 20.4 Å². The van der Waals surface area contributed by atoms with Gasteiger partial charge in [0.2, 0.25) is 0 Å². The molecule has 5 rings (SSSR count). The summed E-state index contributed by atoms with van der Waals surface area (Å²) >= 11 is 0. The van der Waals surface area contributed by atoms with Crippen LogP contribution in [0.3, 0.4) is 0 Å². The van der Waals surface area contributed by atoms with Gasteiger partial charge in [-0.3, -0.25) is 0 Å². The predicted molar refractivity (Wildman–Crippen MR) is 235 cm³/mol. The van der Waals surface area contributed by atoms with Crippen LogP contribution in [0.2, 0.25) is 0 Å². The third-order valence-electron chi connectivity index (χ3n) is 10.9. The maximum absolute atomic E-state index is 8.68. The van der Waals surface area contributed by atoms with Gasteiger partial charge in [-0.2, -0.15) is 0 Å². The minimum atomic E-state index is -0.341. The van der Waals surface area contributed by atoms with E-state index in [1.54, 1.807) is 0 Å². The van der Waals surface area contributed by atoms with Crippen LogP contribution in [-0.4, -0.2) is 94.6 Å². The van der Waals surface area contributed by atoms with Crippen LogP contribution in [-0.2, 0) is 39.4 Å². The summed E-state index contributed by atoms with van der Waals surface area (Å²) in [4.78, 5) is 0. The molecule has 0 aromatic heterocycles. The lowest BCUT2D eigenvalue weighted by molar-refractivity contribution is 0.00578. The summed E-state index contributed by atoms with van der Waals surface area (Å²) < 4.78 is 52.7. The summed E-state index contributed by atoms with van der Waals surface area (Å²) in [6, 6.07) is 26.1. The molecule has 2 fully saturated rings. The molecule has 58 heavy (non-hydrogen) atoms. The number of hydrogen-bond acceptors (Lipinski definition) is 10. The van der Waals surface area contributed by atoms with Crippen LogP contribution in [0, 0.1) is 0 Å². The van der Waals surface area contributed by atoms with E-state index < -0.39 is 0 Å². The Morgan fingerprint density at radius 3 is 1.21 bits per heavy atom. The van der Waals surface area contributed by atoms with E-state index in [0.29, 0.717) is 39.6 Å². The topological polar surface area (TPSA) is 103 Å². The summed E-state index contributed by atoms with van der Waals surface area (Å²) in [6.45, 7) is 22.2. The van der Waals surface area contributed by atoms with Crippen molar-refractivity contribution < 1.29 is 47.4 Å². The standard InChI is InChI=1S/C26H37BO5.C19H31BO5.CH4/c1-25(2)26(3,4)32-27(31-25)23-13-15-24(16-14-23)30-20-10-19-28-17-8-9-18-29-21-22-11-6-5-7-12-22;1-18(2)19(3,4)25-20(24-18)16-8-10-17(11-9-16)23-15-7-14-22-13-6-5-12-21;/h5-7,11-16H,8-10,17-21H2,1-4H3;8-11,21H,5-7,12-15H2,1-4H3;1H4. The van der Waals surface area contributed by atoms with Crippen LogP contribution in [0.4, 0.5) is 0 Å². The molecule has 0 spiro atoms. The summed E-state index contributed by atoms with van der Waals surface area (Å²) in [5, 5.41) is 8.68. The minimum Gasteiger partial charge on any atom is -0.494 e. The second kappa shape index (κ2) is 24.4. The van der Waals surface area contributed by atoms with E-state index in [-0.39, 0.29) is 50.7 Å². The van der Waals surface area contributed by atoms with Gasteiger partial charge in [-0.05, 0) is 122 Å². The van der Waals surface area contributed by atoms with Crippen molar-refractivity contribution in [3.05, 3.63) is 84.4 Å². The van der Waals surface area contributed by atoms with Crippen LogP contribution in [0.25, 0.3) is 0 Å². The molecule has 0 amide bonds. The summed E-state index contributed by atoms with van der Waals surface area (Å²) in [5.74, 6) is 1.68. The van der Waals surface area contributed by atoms with E-state index in [0.717, 1.165) is 74.2 Å². The highest BCUT2D eigenvalue weighted by atomic mass is 16.7. The van der Waals surface area contributed by atoms with Crippen molar-refractivity contribution in [3.8, 4) is 11.5 Å². The number of rotatable bonds is 23. The number of ether oxygens (including phenoxy) is 5. The fourth-order valence-corrected chi connectivity index (χ4v) is 5.80. The van der Waals surface area contributed by atoms with Crippen LogP contribution in [0.1, 0.15) is 107 Å². The van der Waals surface area contributed by atoms with E-state index in [1.165, 1.54) is 5.56 Å². The van der Waals surface area contributed by atoms with Crippen molar-refractivity contribution in [1.82, 2.24) is 0 Å². The van der Waals surface area contributed by atoms with Gasteiger partial charge < -0.3 is 47.4 Å². The Hall–Kier alpha value is -2.93. The van der Waals surface area contributed by atoms with Gasteiger partial charge in [0.25, 0.3) is 0 Å². The number of hydrogen-bond donors (Lipinski definition) is 1. The van der Waals surface area contributed by atoms with E-state index in [2.05, 4.69) is 67.5 Å². The SMILES string of the molecule is C.CC1(C)OB(c2ccc(OCCCOCCCCO)cc2)OC1(C)C.CC1(C)OB(c2ccc(OCCCOCCCCOCc3ccccc3)cc2)OC1(C)C. The summed E-state index contributed by atoms with van der Waals surface area (Å²) in [6.07, 6.45) is 5.43. The van der Waals surface area contributed by atoms with Crippen LogP contribution in [0.5, 0.6) is 11.5 Å². The van der Waals surface area contributed by atoms with Crippen molar-refractivity contribution >= 4 is 25.2 Å². The second-order valence-electron chi connectivity index (χ2n) is 16.6. The highest BCUT2D eigenvalue weighted by Crippen LogP contribution is 2.37. The van der Waals surface area contributed by atoms with E-state index in [9.17, 15) is 0 Å². The van der Waals surface area contributed by atoms with Gasteiger partial charge >= 0.3 is 14.2 Å². The molecule has 1 N–H and O–H groups in total. The van der Waals surface area contributed by atoms with Crippen LogP contribution >= 0.6 is 0 Å². The van der Waals surface area contributed by atoms with E-state index in [4.69, 9.17) is 47.4 Å². The molecule has 322 valence electrons. The maximum atomic E-state index is 8.68. The first-order chi connectivity index (χ1) is 27.2. The number of benzene rings is 3. The van der Waals surface area contributed by atoms with Crippen molar-refractivity contribution in [3.63, 3.8) is 0 Å². The van der Waals surface area contributed by atoms with Gasteiger partial charge in [-0.25, -0.2) is 0 Å². The Morgan fingerprint density at radius 1 is 0.448 bits per heavy atom. The highest BCUT2D eigenvalue weighted by molar-refractivity contribution is 6.62. The lowest BCUT2D eigenvalue weighted by atomic mass is 9.79. The quantitative estimate of drug-likeness (QED) is 0.0751. The molecule has 12 heteroatoms. The molecular weight excluding hydrogens is 734 g/mol. The normalized spacial score (nSPS) is 17.3. The average Bonchev–Trinajstić information content (AvgIpc) is 3.55. The molecule has 2 aliphatic rings. The number of aliphatic hydroxyl groups excluding tert-OH is 1. The molecular formula is C46H72B2O10. The van der Waals surface area contributed by atoms with Crippen molar-refractivity contribution in [2.45, 2.75) is 130 Å². The smallest absolute Gasteiger partial charge is 0.494 e. The number of unbranched alkanes of at least 4 members (excludes halogenated alkanes) is 2. The monoisotopic (exact) mass is 807 g/mol. The third-order valence-corrected chi connectivity index (χ3v) is 10.9. The van der Waals surface area contributed by atoms with Gasteiger partial charge in [0, 0.05) is 52.5 Å². The molecule has 2 aliphatic heterocycles. The fraction of sp³-hybridized carbons (Fsp3) is 0.609. The predicted octanol–water partition coefficient (Wildman–Crippen LogP) is 7.95. The maximum Gasteiger partial charge on any atom is 0.494 e.